The normalized spacial score (nSPS) is 13.9. The van der Waals surface area contributed by atoms with Crippen molar-refractivity contribution in [1.29, 1.82) is 0 Å². The second-order valence-corrected chi connectivity index (χ2v) is 6.49. The summed E-state index contributed by atoms with van der Waals surface area (Å²) in [5.74, 6) is 0.709. The van der Waals surface area contributed by atoms with E-state index in [0.29, 0.717) is 6.42 Å². The summed E-state index contributed by atoms with van der Waals surface area (Å²) in [5, 5.41) is 0. The molecule has 0 radical (unpaired) electrons. The van der Waals surface area contributed by atoms with E-state index in [1.807, 2.05) is 0 Å². The lowest BCUT2D eigenvalue weighted by molar-refractivity contribution is 0.312. The molecule has 4 heteroatoms. The summed E-state index contributed by atoms with van der Waals surface area (Å²) in [6, 6.07) is 4.82. The molecule has 2 rings (SSSR count). The van der Waals surface area contributed by atoms with Crippen molar-refractivity contribution in [1.82, 2.24) is 9.55 Å². The predicted molar refractivity (Wildman–Crippen MR) is 81.1 cm³/mol. The standard InChI is InChI=1S/C16H24FN3/c1-5-8-20-13-7-6-11(17)9-12(13)19-15(20)10-14(18)16(2,3)4/h6-7,9,14H,5,8,10,18H2,1-4H3. The molecule has 1 atom stereocenters. The van der Waals surface area contributed by atoms with Gasteiger partial charge in [0.15, 0.2) is 0 Å². The Labute approximate surface area is 120 Å². The Morgan fingerprint density at radius 1 is 1.35 bits per heavy atom. The molecule has 1 aromatic heterocycles. The van der Waals surface area contributed by atoms with E-state index in [1.54, 1.807) is 6.07 Å². The Hall–Kier alpha value is -1.42. The molecule has 1 heterocycles. The zero-order valence-electron chi connectivity index (χ0n) is 12.8. The fourth-order valence-corrected chi connectivity index (χ4v) is 2.28. The largest absolute Gasteiger partial charge is 0.328 e. The van der Waals surface area contributed by atoms with Gasteiger partial charge in [0.05, 0.1) is 11.0 Å². The minimum absolute atomic E-state index is 0.0276. The molecule has 3 nitrogen and oxygen atoms in total. The number of hydrogen-bond acceptors (Lipinski definition) is 2. The van der Waals surface area contributed by atoms with Gasteiger partial charge < -0.3 is 10.3 Å². The van der Waals surface area contributed by atoms with Gasteiger partial charge >= 0.3 is 0 Å². The van der Waals surface area contributed by atoms with Gasteiger partial charge in [0.2, 0.25) is 0 Å². The van der Waals surface area contributed by atoms with Crippen molar-refractivity contribution in [3.8, 4) is 0 Å². The summed E-state index contributed by atoms with van der Waals surface area (Å²) in [6.45, 7) is 9.40. The number of aryl methyl sites for hydroxylation is 1. The summed E-state index contributed by atoms with van der Waals surface area (Å²) in [5.41, 5.74) is 8.01. The van der Waals surface area contributed by atoms with Crippen LogP contribution < -0.4 is 5.73 Å². The molecule has 0 aliphatic heterocycles. The Bertz CT molecular complexity index is 596. The lowest BCUT2D eigenvalue weighted by atomic mass is 9.85. The molecule has 1 unspecified atom stereocenters. The average Bonchev–Trinajstić information content (AvgIpc) is 2.66. The van der Waals surface area contributed by atoms with E-state index in [2.05, 4.69) is 37.2 Å². The quantitative estimate of drug-likeness (QED) is 0.929. The first-order valence-corrected chi connectivity index (χ1v) is 7.23. The summed E-state index contributed by atoms with van der Waals surface area (Å²) >= 11 is 0. The van der Waals surface area contributed by atoms with E-state index in [1.165, 1.54) is 12.1 Å². The van der Waals surface area contributed by atoms with Gasteiger partial charge in [-0.1, -0.05) is 27.7 Å². The number of fused-ring (bicyclic) bond motifs is 1. The van der Waals surface area contributed by atoms with Crippen molar-refractivity contribution in [2.24, 2.45) is 11.1 Å². The number of halogens is 1. The van der Waals surface area contributed by atoms with Crippen molar-refractivity contribution in [2.75, 3.05) is 0 Å². The minimum atomic E-state index is -0.245. The summed E-state index contributed by atoms with van der Waals surface area (Å²) < 4.78 is 15.5. The topological polar surface area (TPSA) is 43.8 Å². The van der Waals surface area contributed by atoms with Gasteiger partial charge in [0, 0.05) is 25.1 Å². The van der Waals surface area contributed by atoms with Gasteiger partial charge in [-0.05, 0) is 24.0 Å². The van der Waals surface area contributed by atoms with Crippen molar-refractivity contribution in [2.45, 2.75) is 53.1 Å². The van der Waals surface area contributed by atoms with Gasteiger partial charge in [-0.25, -0.2) is 9.37 Å². The van der Waals surface area contributed by atoms with Crippen LogP contribution in [0.25, 0.3) is 11.0 Å². The Balaban J connectivity index is 2.43. The van der Waals surface area contributed by atoms with Crippen LogP contribution in [0.4, 0.5) is 4.39 Å². The van der Waals surface area contributed by atoms with E-state index in [4.69, 9.17) is 5.73 Å². The summed E-state index contributed by atoms with van der Waals surface area (Å²) in [6.07, 6.45) is 1.72. The lowest BCUT2D eigenvalue weighted by Gasteiger charge is -2.27. The van der Waals surface area contributed by atoms with Crippen LogP contribution in [0.1, 0.15) is 39.9 Å². The maximum Gasteiger partial charge on any atom is 0.125 e. The molecule has 0 aliphatic carbocycles. The highest BCUT2D eigenvalue weighted by Gasteiger charge is 2.23. The van der Waals surface area contributed by atoms with Crippen molar-refractivity contribution < 1.29 is 4.39 Å². The third-order valence-corrected chi connectivity index (χ3v) is 3.75. The molecule has 2 aromatic rings. The minimum Gasteiger partial charge on any atom is -0.328 e. The highest BCUT2D eigenvalue weighted by atomic mass is 19.1. The SMILES string of the molecule is CCCn1c(CC(N)C(C)(C)C)nc2cc(F)ccc21. The monoisotopic (exact) mass is 277 g/mol. The maximum absolute atomic E-state index is 13.3. The van der Waals surface area contributed by atoms with E-state index in [-0.39, 0.29) is 17.3 Å². The molecule has 2 N–H and O–H groups in total. The molecule has 0 fully saturated rings. The van der Waals surface area contributed by atoms with Gasteiger partial charge in [-0.2, -0.15) is 0 Å². The number of benzene rings is 1. The summed E-state index contributed by atoms with van der Waals surface area (Å²) in [4.78, 5) is 4.59. The van der Waals surface area contributed by atoms with Crippen LogP contribution in [0.5, 0.6) is 0 Å². The Morgan fingerprint density at radius 2 is 2.05 bits per heavy atom. The van der Waals surface area contributed by atoms with E-state index in [9.17, 15) is 4.39 Å². The van der Waals surface area contributed by atoms with Crippen LogP contribution in [0.2, 0.25) is 0 Å². The van der Waals surface area contributed by atoms with Crippen LogP contribution in [0, 0.1) is 11.2 Å². The van der Waals surface area contributed by atoms with Crippen molar-refractivity contribution >= 4 is 11.0 Å². The van der Waals surface area contributed by atoms with Crippen LogP contribution in [-0.4, -0.2) is 15.6 Å². The third-order valence-electron chi connectivity index (χ3n) is 3.75. The number of aromatic nitrogens is 2. The van der Waals surface area contributed by atoms with E-state index in [0.717, 1.165) is 29.8 Å². The predicted octanol–water partition coefficient (Wildman–Crippen LogP) is 3.50. The summed E-state index contributed by atoms with van der Waals surface area (Å²) in [7, 11) is 0. The maximum atomic E-state index is 13.3. The average molecular weight is 277 g/mol. The second kappa shape index (κ2) is 5.52. The molecule has 110 valence electrons. The highest BCUT2D eigenvalue weighted by molar-refractivity contribution is 5.76. The molecule has 20 heavy (non-hydrogen) atoms. The third kappa shape index (κ3) is 3.01. The molecular formula is C16H24FN3. The first kappa shape index (κ1) is 15.0. The molecule has 1 aromatic carbocycles. The second-order valence-electron chi connectivity index (χ2n) is 6.49. The molecule has 0 amide bonds. The van der Waals surface area contributed by atoms with Crippen molar-refractivity contribution in [3.63, 3.8) is 0 Å². The molecule has 0 aliphatic rings. The Morgan fingerprint density at radius 3 is 2.65 bits per heavy atom. The number of nitrogens with zero attached hydrogens (tertiary/aromatic N) is 2. The van der Waals surface area contributed by atoms with Gasteiger partial charge in [-0.3, -0.25) is 0 Å². The van der Waals surface area contributed by atoms with Gasteiger partial charge in [-0.15, -0.1) is 0 Å². The van der Waals surface area contributed by atoms with Crippen LogP contribution >= 0.6 is 0 Å². The molecule has 0 bridgehead atoms. The lowest BCUT2D eigenvalue weighted by Crippen LogP contribution is -2.37. The number of hydrogen-bond donors (Lipinski definition) is 1. The molecule has 0 spiro atoms. The van der Waals surface area contributed by atoms with E-state index >= 15 is 0 Å². The fraction of sp³-hybridized carbons (Fsp3) is 0.562. The van der Waals surface area contributed by atoms with E-state index < -0.39 is 0 Å². The molecular weight excluding hydrogens is 253 g/mol. The fourth-order valence-electron chi connectivity index (χ4n) is 2.28. The Kier molecular flexibility index (Phi) is 4.14. The smallest absolute Gasteiger partial charge is 0.125 e. The molecule has 0 saturated heterocycles. The van der Waals surface area contributed by atoms with Crippen LogP contribution in [-0.2, 0) is 13.0 Å². The van der Waals surface area contributed by atoms with Crippen LogP contribution in [0.3, 0.4) is 0 Å². The van der Waals surface area contributed by atoms with Crippen molar-refractivity contribution in [3.05, 3.63) is 29.8 Å². The zero-order chi connectivity index (χ0) is 14.9. The van der Waals surface area contributed by atoms with Crippen LogP contribution in [0.15, 0.2) is 18.2 Å². The number of rotatable bonds is 4. The highest BCUT2D eigenvalue weighted by Crippen LogP contribution is 2.23. The zero-order valence-corrected chi connectivity index (χ0v) is 12.8. The first-order chi connectivity index (χ1) is 9.32. The number of nitrogens with two attached hydrogens (primary N) is 1. The molecule has 0 saturated carbocycles. The first-order valence-electron chi connectivity index (χ1n) is 7.23. The van der Waals surface area contributed by atoms with Gasteiger partial charge in [0.25, 0.3) is 0 Å². The number of imidazole rings is 1. The van der Waals surface area contributed by atoms with Gasteiger partial charge in [0.1, 0.15) is 11.6 Å².